The van der Waals surface area contributed by atoms with Gasteiger partial charge in [-0.2, -0.15) is 8.42 Å². The van der Waals surface area contributed by atoms with Crippen molar-refractivity contribution in [3.8, 4) is 11.5 Å². The average Bonchev–Trinajstić information content (AvgIpc) is 2.97. The molecule has 166 valence electrons. The lowest BCUT2D eigenvalue weighted by Crippen LogP contribution is -2.35. The predicted octanol–water partition coefficient (Wildman–Crippen LogP) is 2.25. The molecular weight excluding hydrogens is 460 g/mol. The van der Waals surface area contributed by atoms with Crippen molar-refractivity contribution in [3.63, 3.8) is 0 Å². The van der Waals surface area contributed by atoms with Crippen LogP contribution in [0.3, 0.4) is 0 Å². The molecule has 0 fully saturated rings. The van der Waals surface area contributed by atoms with Gasteiger partial charge in [0.15, 0.2) is 33.1 Å². The maximum Gasteiger partial charge on any atom is 0.340 e. The van der Waals surface area contributed by atoms with E-state index in [2.05, 4.69) is 13.2 Å². The summed E-state index contributed by atoms with van der Waals surface area (Å²) in [4.78, 5) is 11.5. The molecule has 0 aromatic heterocycles. The molecule has 12 heteroatoms. The van der Waals surface area contributed by atoms with Crippen LogP contribution >= 0.6 is 0 Å². The van der Waals surface area contributed by atoms with E-state index in [-0.39, 0.29) is 44.3 Å². The molecule has 32 heavy (non-hydrogen) atoms. The van der Waals surface area contributed by atoms with Gasteiger partial charge in [0.1, 0.15) is 4.90 Å². The number of benzene rings is 2. The molecule has 2 aliphatic heterocycles. The van der Waals surface area contributed by atoms with Gasteiger partial charge in [0.25, 0.3) is 10.1 Å². The molecule has 1 spiro atoms. The molecule has 0 aliphatic carbocycles. The molecule has 4 rings (SSSR count). The van der Waals surface area contributed by atoms with Crippen LogP contribution in [0.1, 0.15) is 11.1 Å². The van der Waals surface area contributed by atoms with E-state index in [1.807, 2.05) is 0 Å². The van der Waals surface area contributed by atoms with Crippen LogP contribution in [0, 0.1) is 0 Å². The van der Waals surface area contributed by atoms with Crippen LogP contribution in [0.15, 0.2) is 70.5 Å². The lowest BCUT2D eigenvalue weighted by Gasteiger charge is -2.38. The van der Waals surface area contributed by atoms with Crippen molar-refractivity contribution in [2.24, 2.45) is 0 Å². The van der Waals surface area contributed by atoms with Crippen molar-refractivity contribution in [3.05, 3.63) is 71.8 Å². The molecular formula is C20H16N2O8S2. The van der Waals surface area contributed by atoms with Gasteiger partial charge >= 0.3 is 5.97 Å². The topological polar surface area (TPSA) is 179 Å². The van der Waals surface area contributed by atoms with Crippen LogP contribution in [-0.4, -0.2) is 27.7 Å². The number of fused-ring (bicyclic) bond motifs is 4. The highest BCUT2D eigenvalue weighted by atomic mass is 32.2. The zero-order valence-electron chi connectivity index (χ0n) is 16.2. The minimum absolute atomic E-state index is 0.00799. The van der Waals surface area contributed by atoms with E-state index in [0.29, 0.717) is 0 Å². The van der Waals surface area contributed by atoms with Crippen LogP contribution in [0.4, 0.5) is 11.4 Å². The zero-order chi connectivity index (χ0) is 23.6. The highest BCUT2D eigenvalue weighted by molar-refractivity contribution is 7.86. The first-order valence-corrected chi connectivity index (χ1v) is 11.4. The van der Waals surface area contributed by atoms with Gasteiger partial charge in [-0.15, -0.1) is 0 Å². The minimum Gasteiger partial charge on any atom is -0.453 e. The molecule has 0 saturated carbocycles. The fourth-order valence-corrected chi connectivity index (χ4v) is 5.33. The van der Waals surface area contributed by atoms with Gasteiger partial charge in [-0.1, -0.05) is 25.3 Å². The molecule has 2 atom stereocenters. The summed E-state index contributed by atoms with van der Waals surface area (Å²) in [6.45, 7) is 7.34. The van der Waals surface area contributed by atoms with Gasteiger partial charge in [-0.05, 0) is 24.3 Å². The summed E-state index contributed by atoms with van der Waals surface area (Å²) < 4.78 is 67.6. The summed E-state index contributed by atoms with van der Waals surface area (Å²) in [7, 11) is -4.95. The van der Waals surface area contributed by atoms with E-state index < -0.39 is 43.4 Å². The second kappa shape index (κ2) is 7.03. The van der Waals surface area contributed by atoms with Crippen LogP contribution in [0.5, 0.6) is 11.5 Å². The highest BCUT2D eigenvalue weighted by Crippen LogP contribution is 2.59. The fourth-order valence-electron chi connectivity index (χ4n) is 4.00. The van der Waals surface area contributed by atoms with Crippen LogP contribution in [-0.2, 0) is 36.3 Å². The standard InChI is InChI=1S/C20H16N2O8S2/c1-3-9-10(4-2)20(30-19(9)23)11-5-7-13(21)17(31(24)25)15(11)29-16-12(20)6-8-14(22)18(16)32(26,27)28/h3-8H,1-2,21-22H2,(H,24,25)(H,26,27,28). The first-order valence-electron chi connectivity index (χ1n) is 8.84. The Balaban J connectivity index is 2.27. The minimum atomic E-state index is -4.95. The Morgan fingerprint density at radius 1 is 1.03 bits per heavy atom. The summed E-state index contributed by atoms with van der Waals surface area (Å²) in [5.74, 6) is -1.62. The molecule has 10 nitrogen and oxygen atoms in total. The lowest BCUT2D eigenvalue weighted by molar-refractivity contribution is -0.144. The Morgan fingerprint density at radius 3 is 2.16 bits per heavy atom. The summed E-state index contributed by atoms with van der Waals surface area (Å²) >= 11 is -2.68. The number of ether oxygens (including phenoxy) is 2. The predicted molar refractivity (Wildman–Crippen MR) is 115 cm³/mol. The number of hydrogen-bond donors (Lipinski definition) is 4. The van der Waals surface area contributed by atoms with E-state index in [0.717, 1.165) is 0 Å². The second-order valence-corrected chi connectivity index (χ2v) is 9.12. The molecule has 6 N–H and O–H groups in total. The molecule has 2 aliphatic rings. The third-order valence-corrected chi connectivity index (χ3v) is 6.93. The van der Waals surface area contributed by atoms with E-state index in [1.54, 1.807) is 0 Å². The average molecular weight is 476 g/mol. The SMILES string of the molecule is C=CC1=C(C=C)C2(OC1=O)c1ccc(N)c(S(=O)O)c1Oc1c2ccc(N)c1S(=O)(=O)O. The van der Waals surface area contributed by atoms with Gasteiger partial charge in [0.2, 0.25) is 0 Å². The monoisotopic (exact) mass is 476 g/mol. The van der Waals surface area contributed by atoms with Crippen LogP contribution < -0.4 is 16.2 Å². The van der Waals surface area contributed by atoms with Crippen LogP contribution in [0.2, 0.25) is 0 Å². The molecule has 2 unspecified atom stereocenters. The van der Waals surface area contributed by atoms with Gasteiger partial charge in [-0.25, -0.2) is 9.00 Å². The Labute approximate surface area is 184 Å². The molecule has 2 heterocycles. The van der Waals surface area contributed by atoms with Gasteiger partial charge < -0.3 is 25.5 Å². The van der Waals surface area contributed by atoms with E-state index in [9.17, 15) is 26.5 Å². The van der Waals surface area contributed by atoms with Gasteiger partial charge in [0, 0.05) is 16.7 Å². The van der Waals surface area contributed by atoms with Crippen molar-refractivity contribution in [2.45, 2.75) is 15.4 Å². The van der Waals surface area contributed by atoms with Crippen LogP contribution in [0.25, 0.3) is 0 Å². The Kier molecular flexibility index (Phi) is 4.78. The lowest BCUT2D eigenvalue weighted by atomic mass is 9.77. The van der Waals surface area contributed by atoms with E-state index in [1.165, 1.54) is 36.4 Å². The van der Waals surface area contributed by atoms with Crippen molar-refractivity contribution in [2.75, 3.05) is 11.5 Å². The van der Waals surface area contributed by atoms with Crippen molar-refractivity contribution in [1.29, 1.82) is 0 Å². The Morgan fingerprint density at radius 2 is 1.62 bits per heavy atom. The summed E-state index contributed by atoms with van der Waals surface area (Å²) in [5.41, 5.74) is 9.61. The number of carbonyl (C=O) groups is 1. The maximum atomic E-state index is 12.7. The van der Waals surface area contributed by atoms with Gasteiger partial charge in [-0.3, -0.25) is 4.55 Å². The van der Waals surface area contributed by atoms with Crippen molar-refractivity contribution in [1.82, 2.24) is 0 Å². The highest BCUT2D eigenvalue weighted by Gasteiger charge is 2.55. The largest absolute Gasteiger partial charge is 0.453 e. The normalized spacial score (nSPS) is 20.2. The number of anilines is 2. The van der Waals surface area contributed by atoms with E-state index >= 15 is 0 Å². The first kappa shape index (κ1) is 21.8. The summed E-state index contributed by atoms with van der Waals surface area (Å²) in [6.07, 6.45) is 2.56. The number of rotatable bonds is 4. The summed E-state index contributed by atoms with van der Waals surface area (Å²) in [5, 5.41) is 0. The number of nitrogen functional groups attached to an aromatic ring is 2. The zero-order valence-corrected chi connectivity index (χ0v) is 17.8. The molecule has 0 saturated heterocycles. The smallest absolute Gasteiger partial charge is 0.340 e. The van der Waals surface area contributed by atoms with Crippen molar-refractivity contribution < 1.29 is 36.0 Å². The number of esters is 1. The quantitative estimate of drug-likeness (QED) is 0.221. The fraction of sp³-hybridized carbons (Fsp3) is 0.0500. The van der Waals surface area contributed by atoms with Gasteiger partial charge in [0.05, 0.1) is 16.9 Å². The molecule has 2 aromatic rings. The molecule has 0 radical (unpaired) electrons. The number of nitrogens with two attached hydrogens (primary N) is 2. The van der Waals surface area contributed by atoms with E-state index in [4.69, 9.17) is 20.9 Å². The summed E-state index contributed by atoms with van der Waals surface area (Å²) in [6, 6.07) is 5.29. The Hall–Kier alpha value is -3.45. The number of hydrogen-bond acceptors (Lipinski definition) is 8. The first-order chi connectivity index (χ1) is 15.0. The Bertz CT molecular complexity index is 1410. The molecule has 0 bridgehead atoms. The second-order valence-electron chi connectivity index (χ2n) is 6.85. The molecule has 2 aromatic carbocycles. The van der Waals surface area contributed by atoms with Crippen molar-refractivity contribution >= 4 is 38.5 Å². The molecule has 0 amide bonds. The third-order valence-electron chi connectivity index (χ3n) is 5.22. The number of carbonyl (C=O) groups excluding carboxylic acids is 1. The third kappa shape index (κ3) is 2.74. The maximum absolute atomic E-state index is 12.7.